The molecule has 0 unspecified atom stereocenters. The van der Waals surface area contributed by atoms with Crippen LogP contribution in [0.15, 0.2) is 23.0 Å². The van der Waals surface area contributed by atoms with E-state index in [2.05, 4.69) is 0 Å². The van der Waals surface area contributed by atoms with Gasteiger partial charge in [-0.3, -0.25) is 4.79 Å². The van der Waals surface area contributed by atoms with Gasteiger partial charge in [0.05, 0.1) is 17.5 Å². The molecule has 2 heterocycles. The molecule has 0 bridgehead atoms. The fourth-order valence-corrected chi connectivity index (χ4v) is 2.30. The summed E-state index contributed by atoms with van der Waals surface area (Å²) in [6, 6.07) is 4.42. The Hall–Kier alpha value is -2.70. The monoisotopic (exact) mass is 305 g/mol. The summed E-state index contributed by atoms with van der Waals surface area (Å²) in [4.78, 5) is 29.9. The first kappa shape index (κ1) is 14.2. The largest absolute Gasteiger partial charge is 0.461 e. The van der Waals surface area contributed by atoms with E-state index in [0.29, 0.717) is 29.0 Å². The number of ether oxygens (including phenoxy) is 3. The number of carbonyl (C=O) groups excluding carboxylic acids is 1. The Bertz CT molecular complexity index is 795. The Balaban J connectivity index is 2.29. The van der Waals surface area contributed by atoms with Crippen LogP contribution in [0.5, 0.6) is 11.5 Å². The Kier molecular flexibility index (Phi) is 3.62. The van der Waals surface area contributed by atoms with Gasteiger partial charge in [-0.1, -0.05) is 0 Å². The third-order valence-electron chi connectivity index (χ3n) is 3.20. The van der Waals surface area contributed by atoms with E-state index >= 15 is 0 Å². The molecule has 0 amide bonds. The minimum atomic E-state index is -0.618. The lowest BCUT2D eigenvalue weighted by molar-refractivity contribution is 0.0454. The van der Waals surface area contributed by atoms with Crippen molar-refractivity contribution < 1.29 is 23.8 Å². The molecule has 2 aromatic rings. The van der Waals surface area contributed by atoms with Gasteiger partial charge in [-0.15, -0.1) is 0 Å². The maximum Gasteiger partial charge on any atom is 0.358 e. The molecular weight excluding hydrogens is 290 g/mol. The van der Waals surface area contributed by atoms with Crippen molar-refractivity contribution in [1.82, 2.24) is 4.73 Å². The standard InChI is InChI=1S/C15H15NO6/c1-3-19-15(18)11-6-12(17)9-5-13-14(21-8-20-13)7-10(9)16(11)22-4-2/h5-7H,3-4,8H2,1-2H3. The van der Waals surface area contributed by atoms with Gasteiger partial charge in [0.1, 0.15) is 6.61 Å². The molecule has 0 saturated carbocycles. The number of aromatic nitrogens is 1. The van der Waals surface area contributed by atoms with Crippen LogP contribution in [0.1, 0.15) is 24.3 Å². The predicted molar refractivity (Wildman–Crippen MR) is 77.4 cm³/mol. The molecule has 7 heteroatoms. The van der Waals surface area contributed by atoms with Crippen molar-refractivity contribution in [3.05, 3.63) is 34.1 Å². The van der Waals surface area contributed by atoms with Crippen molar-refractivity contribution in [2.75, 3.05) is 20.0 Å². The molecule has 1 aliphatic rings. The minimum Gasteiger partial charge on any atom is -0.461 e. The van der Waals surface area contributed by atoms with E-state index in [1.165, 1.54) is 10.8 Å². The summed E-state index contributed by atoms with van der Waals surface area (Å²) in [5, 5.41) is 0.380. The third kappa shape index (κ3) is 2.24. The number of benzene rings is 1. The van der Waals surface area contributed by atoms with Crippen LogP contribution in [0.3, 0.4) is 0 Å². The summed E-state index contributed by atoms with van der Waals surface area (Å²) in [6.07, 6.45) is 0. The average Bonchev–Trinajstić information content (AvgIpc) is 2.96. The molecule has 0 N–H and O–H groups in total. The second-order valence-corrected chi connectivity index (χ2v) is 4.55. The molecule has 3 rings (SSSR count). The summed E-state index contributed by atoms with van der Waals surface area (Å²) in [5.41, 5.74) is 0.161. The van der Waals surface area contributed by atoms with Crippen molar-refractivity contribution in [3.63, 3.8) is 0 Å². The van der Waals surface area contributed by atoms with Gasteiger partial charge >= 0.3 is 5.97 Å². The average molecular weight is 305 g/mol. The van der Waals surface area contributed by atoms with E-state index in [1.54, 1.807) is 26.0 Å². The number of nitrogens with zero attached hydrogens (tertiary/aromatic N) is 1. The Labute approximate surface area is 125 Å². The first-order valence-electron chi connectivity index (χ1n) is 6.95. The van der Waals surface area contributed by atoms with E-state index in [0.717, 1.165) is 0 Å². The maximum atomic E-state index is 12.3. The number of rotatable bonds is 4. The Morgan fingerprint density at radius 2 is 1.91 bits per heavy atom. The molecule has 22 heavy (non-hydrogen) atoms. The summed E-state index contributed by atoms with van der Waals surface area (Å²) < 4.78 is 16.9. The van der Waals surface area contributed by atoms with E-state index in [9.17, 15) is 9.59 Å². The second-order valence-electron chi connectivity index (χ2n) is 4.55. The fraction of sp³-hybridized carbons (Fsp3) is 0.333. The molecule has 0 fully saturated rings. The van der Waals surface area contributed by atoms with Gasteiger partial charge in [0, 0.05) is 12.1 Å². The van der Waals surface area contributed by atoms with Crippen LogP contribution in [-0.4, -0.2) is 30.7 Å². The molecule has 1 aromatic carbocycles. The van der Waals surface area contributed by atoms with Gasteiger partial charge in [-0.2, -0.15) is 4.73 Å². The highest BCUT2D eigenvalue weighted by atomic mass is 16.7. The fourth-order valence-electron chi connectivity index (χ4n) is 2.30. The van der Waals surface area contributed by atoms with Crippen molar-refractivity contribution in [2.45, 2.75) is 13.8 Å². The summed E-state index contributed by atoms with van der Waals surface area (Å²) in [7, 11) is 0. The lowest BCUT2D eigenvalue weighted by Gasteiger charge is -2.15. The van der Waals surface area contributed by atoms with E-state index in [4.69, 9.17) is 19.0 Å². The lowest BCUT2D eigenvalue weighted by Crippen LogP contribution is -2.24. The van der Waals surface area contributed by atoms with Crippen LogP contribution >= 0.6 is 0 Å². The molecule has 0 aliphatic carbocycles. The van der Waals surface area contributed by atoms with Gasteiger partial charge in [0.2, 0.25) is 6.79 Å². The Morgan fingerprint density at radius 1 is 1.18 bits per heavy atom. The topological polar surface area (TPSA) is 76.0 Å². The molecule has 1 aliphatic heterocycles. The molecular formula is C15H15NO6. The summed E-state index contributed by atoms with van der Waals surface area (Å²) in [6.45, 7) is 4.10. The molecule has 1 aromatic heterocycles. The second kappa shape index (κ2) is 5.59. The number of esters is 1. The van der Waals surface area contributed by atoms with Gasteiger partial charge in [-0.25, -0.2) is 4.79 Å². The zero-order valence-corrected chi connectivity index (χ0v) is 12.3. The third-order valence-corrected chi connectivity index (χ3v) is 3.20. The minimum absolute atomic E-state index is 0.0417. The van der Waals surface area contributed by atoms with Gasteiger partial charge in [-0.05, 0) is 19.9 Å². The van der Waals surface area contributed by atoms with Crippen LogP contribution in [0.25, 0.3) is 10.9 Å². The van der Waals surface area contributed by atoms with Gasteiger partial charge in [0.15, 0.2) is 22.6 Å². The van der Waals surface area contributed by atoms with Gasteiger partial charge in [0.25, 0.3) is 0 Å². The Morgan fingerprint density at radius 3 is 2.59 bits per heavy atom. The highest BCUT2D eigenvalue weighted by molar-refractivity contribution is 5.92. The molecule has 0 saturated heterocycles. The highest BCUT2D eigenvalue weighted by Crippen LogP contribution is 2.35. The SMILES string of the molecule is CCOC(=O)c1cc(=O)c2cc3c(cc2n1OCC)OCO3. The normalized spacial score (nSPS) is 12.5. The quantitative estimate of drug-likeness (QED) is 0.794. The summed E-state index contributed by atoms with van der Waals surface area (Å²) >= 11 is 0. The van der Waals surface area contributed by atoms with Crippen LogP contribution < -0.4 is 19.7 Å². The van der Waals surface area contributed by atoms with Crippen molar-refractivity contribution in [1.29, 1.82) is 0 Å². The molecule has 0 atom stereocenters. The van der Waals surface area contributed by atoms with E-state index in [-0.39, 0.29) is 24.5 Å². The van der Waals surface area contributed by atoms with Crippen LogP contribution in [-0.2, 0) is 4.74 Å². The molecule has 116 valence electrons. The maximum absolute atomic E-state index is 12.3. The smallest absolute Gasteiger partial charge is 0.358 e. The van der Waals surface area contributed by atoms with E-state index in [1.807, 2.05) is 0 Å². The van der Waals surface area contributed by atoms with Gasteiger partial charge < -0.3 is 19.0 Å². The first-order chi connectivity index (χ1) is 10.7. The molecule has 0 spiro atoms. The van der Waals surface area contributed by atoms with Crippen LogP contribution in [0, 0.1) is 0 Å². The molecule has 0 radical (unpaired) electrons. The van der Waals surface area contributed by atoms with Crippen molar-refractivity contribution in [3.8, 4) is 11.5 Å². The van der Waals surface area contributed by atoms with Crippen LogP contribution in [0.2, 0.25) is 0 Å². The zero-order chi connectivity index (χ0) is 15.7. The number of hydrogen-bond donors (Lipinski definition) is 0. The molecule has 7 nitrogen and oxygen atoms in total. The number of hydrogen-bond acceptors (Lipinski definition) is 6. The van der Waals surface area contributed by atoms with Crippen LogP contribution in [0.4, 0.5) is 0 Å². The zero-order valence-electron chi connectivity index (χ0n) is 12.3. The van der Waals surface area contributed by atoms with Crippen molar-refractivity contribution in [2.24, 2.45) is 0 Å². The highest BCUT2D eigenvalue weighted by Gasteiger charge is 2.22. The van der Waals surface area contributed by atoms with E-state index < -0.39 is 5.97 Å². The predicted octanol–water partition coefficient (Wildman–Crippen LogP) is 1.36. The van der Waals surface area contributed by atoms with Crippen molar-refractivity contribution >= 4 is 16.9 Å². The lowest BCUT2D eigenvalue weighted by atomic mass is 10.1. The summed E-state index contributed by atoms with van der Waals surface area (Å²) in [5.74, 6) is 0.380. The first-order valence-corrected chi connectivity index (χ1v) is 6.95. The number of pyridine rings is 1. The number of carbonyl (C=O) groups is 1. The number of fused-ring (bicyclic) bond motifs is 2.